The third-order valence-corrected chi connectivity index (χ3v) is 2.59. The van der Waals surface area contributed by atoms with Crippen molar-refractivity contribution in [3.63, 3.8) is 0 Å². The third kappa shape index (κ3) is 4.02. The molecule has 0 spiro atoms. The molecule has 2 heteroatoms. The van der Waals surface area contributed by atoms with Crippen LogP contribution in [-0.2, 0) is 0 Å². The van der Waals surface area contributed by atoms with Crippen molar-refractivity contribution < 1.29 is 5.11 Å². The fraction of sp³-hybridized carbons (Fsp3) is 0.538. The molecule has 0 radical (unpaired) electrons. The van der Waals surface area contributed by atoms with Gasteiger partial charge in [0.25, 0.3) is 0 Å². The summed E-state index contributed by atoms with van der Waals surface area (Å²) in [6.07, 6.45) is 2.31. The topological polar surface area (TPSA) is 32.3 Å². The lowest BCUT2D eigenvalue weighted by molar-refractivity contribution is 0.233. The number of hydrogen-bond donors (Lipinski definition) is 2. The van der Waals surface area contributed by atoms with Crippen LogP contribution >= 0.6 is 0 Å². The number of aliphatic hydroxyl groups is 1. The molecule has 0 heterocycles. The highest BCUT2D eigenvalue weighted by molar-refractivity contribution is 5.18. The van der Waals surface area contributed by atoms with Gasteiger partial charge in [-0.15, -0.1) is 0 Å². The number of aliphatic hydroxyl groups excluding tert-OH is 1. The van der Waals surface area contributed by atoms with Gasteiger partial charge >= 0.3 is 0 Å². The minimum Gasteiger partial charge on any atom is -0.394 e. The lowest BCUT2D eigenvalue weighted by Gasteiger charge is -2.21. The van der Waals surface area contributed by atoms with Crippen molar-refractivity contribution >= 4 is 0 Å². The first-order chi connectivity index (χ1) is 7.27. The van der Waals surface area contributed by atoms with Gasteiger partial charge in [-0.1, -0.05) is 43.7 Å². The molecule has 0 aliphatic heterocycles. The van der Waals surface area contributed by atoms with Crippen LogP contribution in [0.1, 0.15) is 38.3 Å². The molecular weight excluding hydrogens is 186 g/mol. The van der Waals surface area contributed by atoms with Crippen LogP contribution in [0.2, 0.25) is 0 Å². The van der Waals surface area contributed by atoms with Crippen LogP contribution in [-0.4, -0.2) is 17.8 Å². The molecule has 2 nitrogen and oxygen atoms in total. The van der Waals surface area contributed by atoms with Crippen LogP contribution in [0.3, 0.4) is 0 Å². The molecule has 2 N–H and O–H groups in total. The van der Waals surface area contributed by atoms with E-state index in [9.17, 15) is 5.11 Å². The maximum atomic E-state index is 9.33. The first-order valence-corrected chi connectivity index (χ1v) is 5.69. The molecule has 0 saturated carbocycles. The molecule has 0 unspecified atom stereocenters. The Labute approximate surface area is 92.3 Å². The van der Waals surface area contributed by atoms with Gasteiger partial charge in [-0.2, -0.15) is 0 Å². The fourth-order valence-electron chi connectivity index (χ4n) is 1.80. The molecule has 0 aliphatic rings. The Hall–Kier alpha value is -0.860. The summed E-state index contributed by atoms with van der Waals surface area (Å²) >= 11 is 0. The van der Waals surface area contributed by atoms with E-state index < -0.39 is 0 Å². The molecule has 1 rings (SSSR count). The highest BCUT2D eigenvalue weighted by Gasteiger charge is 2.11. The minimum absolute atomic E-state index is 0.0627. The van der Waals surface area contributed by atoms with E-state index in [0.29, 0.717) is 6.04 Å². The molecule has 0 saturated heterocycles. The summed E-state index contributed by atoms with van der Waals surface area (Å²) in [5, 5.41) is 12.8. The zero-order valence-corrected chi connectivity index (χ0v) is 9.61. The monoisotopic (exact) mass is 207 g/mol. The first-order valence-electron chi connectivity index (χ1n) is 5.69. The summed E-state index contributed by atoms with van der Waals surface area (Å²) in [6, 6.07) is 10.6. The lowest BCUT2D eigenvalue weighted by atomic mass is 10.1. The Bertz CT molecular complexity index is 260. The van der Waals surface area contributed by atoms with E-state index in [1.807, 2.05) is 30.3 Å². The van der Waals surface area contributed by atoms with E-state index in [-0.39, 0.29) is 12.6 Å². The molecule has 0 aliphatic carbocycles. The van der Waals surface area contributed by atoms with Crippen molar-refractivity contribution in [3.05, 3.63) is 35.9 Å². The normalized spacial score (nSPS) is 14.9. The summed E-state index contributed by atoms with van der Waals surface area (Å²) in [6.45, 7) is 4.49. The standard InChI is InChI=1S/C13H21NO/c1-3-7-11(2)14-13(10-15)12-8-5-4-6-9-12/h4-6,8-9,11,13-15H,3,7,10H2,1-2H3/t11-,13+/m0/s1. The molecule has 0 fully saturated rings. The van der Waals surface area contributed by atoms with Crippen molar-refractivity contribution in [2.45, 2.75) is 38.8 Å². The molecule has 84 valence electrons. The van der Waals surface area contributed by atoms with Gasteiger partial charge in [0.2, 0.25) is 0 Å². The molecule has 0 amide bonds. The van der Waals surface area contributed by atoms with Crippen LogP contribution in [0.4, 0.5) is 0 Å². The quantitative estimate of drug-likeness (QED) is 0.751. The minimum atomic E-state index is 0.0627. The SMILES string of the molecule is CCC[C@H](C)N[C@H](CO)c1ccccc1. The summed E-state index contributed by atoms with van der Waals surface area (Å²) < 4.78 is 0. The van der Waals surface area contributed by atoms with Gasteiger partial charge in [-0.25, -0.2) is 0 Å². The van der Waals surface area contributed by atoms with Crippen molar-refractivity contribution in [1.29, 1.82) is 0 Å². The fourth-order valence-corrected chi connectivity index (χ4v) is 1.80. The van der Waals surface area contributed by atoms with Crippen molar-refractivity contribution in [2.24, 2.45) is 0 Å². The molecule has 0 bridgehead atoms. The predicted octanol–water partition coefficient (Wildman–Crippen LogP) is 2.50. The van der Waals surface area contributed by atoms with Crippen molar-refractivity contribution in [2.75, 3.05) is 6.61 Å². The largest absolute Gasteiger partial charge is 0.394 e. The molecule has 1 aromatic rings. The highest BCUT2D eigenvalue weighted by Crippen LogP contribution is 2.13. The van der Waals surface area contributed by atoms with Gasteiger partial charge in [0.05, 0.1) is 12.6 Å². The van der Waals surface area contributed by atoms with E-state index in [2.05, 4.69) is 19.2 Å². The van der Waals surface area contributed by atoms with Crippen LogP contribution < -0.4 is 5.32 Å². The smallest absolute Gasteiger partial charge is 0.0626 e. The average molecular weight is 207 g/mol. The number of hydrogen-bond acceptors (Lipinski definition) is 2. The Morgan fingerprint density at radius 1 is 1.27 bits per heavy atom. The maximum Gasteiger partial charge on any atom is 0.0626 e. The number of rotatable bonds is 6. The van der Waals surface area contributed by atoms with E-state index in [1.165, 1.54) is 6.42 Å². The van der Waals surface area contributed by atoms with Gasteiger partial charge in [0, 0.05) is 6.04 Å². The zero-order chi connectivity index (χ0) is 11.1. The van der Waals surface area contributed by atoms with Crippen LogP contribution in [0.25, 0.3) is 0 Å². The Balaban J connectivity index is 2.56. The second kappa shape index (κ2) is 6.59. The van der Waals surface area contributed by atoms with Gasteiger partial charge in [0.15, 0.2) is 0 Å². The van der Waals surface area contributed by atoms with Crippen molar-refractivity contribution in [3.8, 4) is 0 Å². The highest BCUT2D eigenvalue weighted by atomic mass is 16.3. The van der Waals surface area contributed by atoms with Gasteiger partial charge in [0.1, 0.15) is 0 Å². The van der Waals surface area contributed by atoms with E-state index >= 15 is 0 Å². The van der Waals surface area contributed by atoms with Crippen LogP contribution in [0.15, 0.2) is 30.3 Å². The predicted molar refractivity (Wildman–Crippen MR) is 63.8 cm³/mol. The van der Waals surface area contributed by atoms with Gasteiger partial charge in [-0.05, 0) is 18.9 Å². The second-order valence-corrected chi connectivity index (χ2v) is 4.00. The maximum absolute atomic E-state index is 9.33. The van der Waals surface area contributed by atoms with E-state index in [1.54, 1.807) is 0 Å². The van der Waals surface area contributed by atoms with E-state index in [4.69, 9.17) is 0 Å². The molecule has 0 aromatic heterocycles. The molecular formula is C13H21NO. The van der Waals surface area contributed by atoms with Crippen LogP contribution in [0, 0.1) is 0 Å². The lowest BCUT2D eigenvalue weighted by Crippen LogP contribution is -2.32. The van der Waals surface area contributed by atoms with Gasteiger partial charge < -0.3 is 10.4 Å². The molecule has 1 aromatic carbocycles. The van der Waals surface area contributed by atoms with E-state index in [0.717, 1.165) is 12.0 Å². The average Bonchev–Trinajstić information content (AvgIpc) is 2.27. The Morgan fingerprint density at radius 2 is 1.93 bits per heavy atom. The van der Waals surface area contributed by atoms with Gasteiger partial charge in [-0.3, -0.25) is 0 Å². The number of benzene rings is 1. The summed E-state index contributed by atoms with van der Waals surface area (Å²) in [4.78, 5) is 0. The zero-order valence-electron chi connectivity index (χ0n) is 9.61. The third-order valence-electron chi connectivity index (χ3n) is 2.59. The van der Waals surface area contributed by atoms with Crippen molar-refractivity contribution in [1.82, 2.24) is 5.32 Å². The number of nitrogens with one attached hydrogen (secondary N) is 1. The molecule has 15 heavy (non-hydrogen) atoms. The Kier molecular flexibility index (Phi) is 5.37. The summed E-state index contributed by atoms with van der Waals surface area (Å²) in [7, 11) is 0. The summed E-state index contributed by atoms with van der Waals surface area (Å²) in [5.74, 6) is 0. The second-order valence-electron chi connectivity index (χ2n) is 4.00. The first kappa shape index (κ1) is 12.2. The Morgan fingerprint density at radius 3 is 2.47 bits per heavy atom. The van der Waals surface area contributed by atoms with Crippen LogP contribution in [0.5, 0.6) is 0 Å². The molecule has 2 atom stereocenters. The summed E-state index contributed by atoms with van der Waals surface area (Å²) in [5.41, 5.74) is 1.16.